The third-order valence-corrected chi connectivity index (χ3v) is 6.47. The first-order chi connectivity index (χ1) is 18.3. The van der Waals surface area contributed by atoms with Crippen molar-refractivity contribution in [2.75, 3.05) is 5.32 Å². The van der Waals surface area contributed by atoms with Gasteiger partial charge in [-0.25, -0.2) is 4.79 Å². The van der Waals surface area contributed by atoms with E-state index in [0.29, 0.717) is 24.3 Å². The monoisotopic (exact) mass is 512 g/mol. The summed E-state index contributed by atoms with van der Waals surface area (Å²) in [7, 11) is 1.82. The van der Waals surface area contributed by atoms with Crippen LogP contribution in [0, 0.1) is 6.92 Å². The molecule has 8 heteroatoms. The van der Waals surface area contributed by atoms with Gasteiger partial charge < -0.3 is 15.2 Å². The highest BCUT2D eigenvalue weighted by Gasteiger charge is 2.20. The van der Waals surface area contributed by atoms with Crippen molar-refractivity contribution in [2.24, 2.45) is 7.05 Å². The van der Waals surface area contributed by atoms with Gasteiger partial charge in [-0.05, 0) is 37.0 Å². The molecule has 4 rings (SSSR count). The first kappa shape index (κ1) is 26.6. The third-order valence-electron chi connectivity index (χ3n) is 6.47. The molecule has 0 saturated carbocycles. The van der Waals surface area contributed by atoms with Gasteiger partial charge in [-0.2, -0.15) is 5.10 Å². The molecular weight excluding hydrogens is 480 g/mol. The van der Waals surface area contributed by atoms with Crippen molar-refractivity contribution < 1.29 is 19.4 Å². The topological polar surface area (TPSA) is 105 Å². The van der Waals surface area contributed by atoms with E-state index in [2.05, 4.69) is 15.7 Å². The highest BCUT2D eigenvalue weighted by molar-refractivity contribution is 5.91. The number of benzene rings is 3. The SMILES string of the molecule is Cc1c(NC(=O)OC(C)c2ccccc2)c(-c2ccc(CNC(Cc3ccccc3)C(=O)O)cc2)nn1C. The number of aliphatic carboxylic acids is 1. The van der Waals surface area contributed by atoms with E-state index in [9.17, 15) is 14.7 Å². The maximum absolute atomic E-state index is 12.7. The van der Waals surface area contributed by atoms with Crippen molar-refractivity contribution in [2.45, 2.75) is 39.0 Å². The van der Waals surface area contributed by atoms with Crippen LogP contribution in [0.5, 0.6) is 0 Å². The van der Waals surface area contributed by atoms with Crippen LogP contribution < -0.4 is 10.6 Å². The molecule has 3 aromatic carbocycles. The molecule has 4 aromatic rings. The van der Waals surface area contributed by atoms with Gasteiger partial charge in [0.1, 0.15) is 17.8 Å². The molecule has 0 fully saturated rings. The number of ether oxygens (including phenoxy) is 1. The lowest BCUT2D eigenvalue weighted by Gasteiger charge is -2.15. The standard InChI is InChI=1S/C30H32N4O4/c1-20-27(32-30(37)38-21(2)24-12-8-5-9-13-24)28(33-34(20)3)25-16-14-23(15-17-25)19-31-26(29(35)36)18-22-10-6-4-7-11-22/h4-17,21,26,31H,18-19H2,1-3H3,(H,32,37)(H,35,36). The molecule has 196 valence electrons. The summed E-state index contributed by atoms with van der Waals surface area (Å²) in [6, 6.07) is 26.1. The summed E-state index contributed by atoms with van der Waals surface area (Å²) in [5.74, 6) is -0.890. The van der Waals surface area contributed by atoms with E-state index in [-0.39, 0.29) is 0 Å². The average Bonchev–Trinajstić information content (AvgIpc) is 3.20. The van der Waals surface area contributed by atoms with Gasteiger partial charge >= 0.3 is 12.1 Å². The molecule has 3 N–H and O–H groups in total. The summed E-state index contributed by atoms with van der Waals surface area (Å²) >= 11 is 0. The number of aromatic nitrogens is 2. The van der Waals surface area contributed by atoms with Gasteiger partial charge in [0.25, 0.3) is 0 Å². The van der Waals surface area contributed by atoms with E-state index in [1.165, 1.54) is 0 Å². The predicted octanol–water partition coefficient (Wildman–Crippen LogP) is 5.49. The highest BCUT2D eigenvalue weighted by atomic mass is 16.6. The van der Waals surface area contributed by atoms with Crippen LogP contribution in [-0.2, 0) is 29.5 Å². The Morgan fingerprint density at radius 2 is 1.58 bits per heavy atom. The molecule has 0 aliphatic rings. The quantitative estimate of drug-likeness (QED) is 0.259. The number of nitrogens with one attached hydrogen (secondary N) is 2. The van der Waals surface area contributed by atoms with E-state index in [4.69, 9.17) is 4.74 Å². The van der Waals surface area contributed by atoms with Gasteiger partial charge in [-0.3, -0.25) is 14.8 Å². The van der Waals surface area contributed by atoms with Crippen LogP contribution in [0.25, 0.3) is 11.3 Å². The molecular formula is C30H32N4O4. The number of carboxylic acids is 1. The Kier molecular flexibility index (Phi) is 8.55. The Balaban J connectivity index is 1.42. The fourth-order valence-corrected chi connectivity index (χ4v) is 4.16. The predicted molar refractivity (Wildman–Crippen MR) is 147 cm³/mol. The number of carboxylic acid groups (broad SMARTS) is 1. The van der Waals surface area contributed by atoms with Gasteiger partial charge in [-0.15, -0.1) is 0 Å². The lowest BCUT2D eigenvalue weighted by Crippen LogP contribution is -2.38. The van der Waals surface area contributed by atoms with Crippen LogP contribution in [0.1, 0.15) is 35.4 Å². The fraction of sp³-hybridized carbons (Fsp3) is 0.233. The molecule has 38 heavy (non-hydrogen) atoms. The first-order valence-corrected chi connectivity index (χ1v) is 12.5. The Bertz CT molecular complexity index is 1370. The summed E-state index contributed by atoms with van der Waals surface area (Å²) in [5, 5.41) is 20.2. The Morgan fingerprint density at radius 1 is 0.947 bits per heavy atom. The largest absolute Gasteiger partial charge is 0.480 e. The van der Waals surface area contributed by atoms with Gasteiger partial charge in [0.05, 0.1) is 11.4 Å². The lowest BCUT2D eigenvalue weighted by molar-refractivity contribution is -0.139. The molecule has 0 saturated heterocycles. The molecule has 0 spiro atoms. The van der Waals surface area contributed by atoms with Crippen LogP contribution >= 0.6 is 0 Å². The van der Waals surface area contributed by atoms with E-state index in [1.54, 1.807) is 4.68 Å². The lowest BCUT2D eigenvalue weighted by atomic mass is 10.0. The number of hydrogen-bond donors (Lipinski definition) is 3. The zero-order chi connectivity index (χ0) is 27.1. The zero-order valence-corrected chi connectivity index (χ0v) is 21.7. The summed E-state index contributed by atoms with van der Waals surface area (Å²) in [6.07, 6.45) is -0.562. The molecule has 8 nitrogen and oxygen atoms in total. The Hall–Kier alpha value is -4.43. The fourth-order valence-electron chi connectivity index (χ4n) is 4.16. The smallest absolute Gasteiger partial charge is 0.412 e. The number of hydrogen-bond acceptors (Lipinski definition) is 5. The molecule has 0 aliphatic heterocycles. The van der Waals surface area contributed by atoms with E-state index in [0.717, 1.165) is 27.9 Å². The molecule has 1 aromatic heterocycles. The van der Waals surface area contributed by atoms with Crippen LogP contribution in [0.4, 0.5) is 10.5 Å². The first-order valence-electron chi connectivity index (χ1n) is 12.5. The summed E-state index contributed by atoms with van der Waals surface area (Å²) < 4.78 is 7.30. The summed E-state index contributed by atoms with van der Waals surface area (Å²) in [6.45, 7) is 4.11. The zero-order valence-electron chi connectivity index (χ0n) is 21.7. The second-order valence-corrected chi connectivity index (χ2v) is 9.17. The second-order valence-electron chi connectivity index (χ2n) is 9.17. The number of nitrogens with zero attached hydrogens (tertiary/aromatic N) is 2. The van der Waals surface area contributed by atoms with Crippen LogP contribution in [-0.4, -0.2) is 33.0 Å². The maximum atomic E-state index is 12.7. The van der Waals surface area contributed by atoms with Crippen molar-refractivity contribution in [3.63, 3.8) is 0 Å². The number of carbonyl (C=O) groups is 2. The van der Waals surface area contributed by atoms with Crippen molar-refractivity contribution in [1.82, 2.24) is 15.1 Å². The second kappa shape index (κ2) is 12.2. The Labute approximate surface area is 222 Å². The number of rotatable bonds is 10. The molecule has 0 bridgehead atoms. The van der Waals surface area contributed by atoms with Crippen molar-refractivity contribution >= 4 is 17.7 Å². The van der Waals surface area contributed by atoms with E-state index < -0.39 is 24.2 Å². The molecule has 1 heterocycles. The molecule has 0 aliphatic carbocycles. The highest BCUT2D eigenvalue weighted by Crippen LogP contribution is 2.30. The molecule has 2 atom stereocenters. The van der Waals surface area contributed by atoms with Crippen molar-refractivity contribution in [3.05, 3.63) is 107 Å². The number of carbonyl (C=O) groups excluding carboxylic acids is 1. The normalized spacial score (nSPS) is 12.5. The number of amides is 1. The van der Waals surface area contributed by atoms with Crippen molar-refractivity contribution in [1.29, 1.82) is 0 Å². The van der Waals surface area contributed by atoms with Gasteiger partial charge in [0.15, 0.2) is 0 Å². The van der Waals surface area contributed by atoms with Gasteiger partial charge in [0, 0.05) is 19.2 Å². The summed E-state index contributed by atoms with van der Waals surface area (Å²) in [4.78, 5) is 24.5. The maximum Gasteiger partial charge on any atom is 0.412 e. The average molecular weight is 513 g/mol. The van der Waals surface area contributed by atoms with Crippen molar-refractivity contribution in [3.8, 4) is 11.3 Å². The number of anilines is 1. The van der Waals surface area contributed by atoms with Gasteiger partial charge in [0.2, 0.25) is 0 Å². The minimum Gasteiger partial charge on any atom is -0.480 e. The van der Waals surface area contributed by atoms with E-state index >= 15 is 0 Å². The minimum absolute atomic E-state index is 0.398. The van der Waals surface area contributed by atoms with Crippen LogP contribution in [0.3, 0.4) is 0 Å². The third kappa shape index (κ3) is 6.66. The number of aryl methyl sites for hydroxylation is 1. The molecule has 1 amide bonds. The molecule has 2 unspecified atom stereocenters. The van der Waals surface area contributed by atoms with E-state index in [1.807, 2.05) is 106 Å². The van der Waals surface area contributed by atoms with Crippen LogP contribution in [0.2, 0.25) is 0 Å². The minimum atomic E-state index is -0.890. The molecule has 0 radical (unpaired) electrons. The summed E-state index contributed by atoms with van der Waals surface area (Å²) in [5.41, 5.74) is 5.63. The van der Waals surface area contributed by atoms with Gasteiger partial charge in [-0.1, -0.05) is 84.9 Å². The van der Waals surface area contributed by atoms with Crippen LogP contribution in [0.15, 0.2) is 84.9 Å². The Morgan fingerprint density at radius 3 is 2.21 bits per heavy atom.